The van der Waals surface area contributed by atoms with E-state index in [9.17, 15) is 8.42 Å². The fourth-order valence-electron chi connectivity index (χ4n) is 2.22. The summed E-state index contributed by atoms with van der Waals surface area (Å²) in [7, 11) is -0.187. The Morgan fingerprint density at radius 1 is 1.47 bits per heavy atom. The normalized spacial score (nSPS) is 23.8. The number of sulfonamides is 1. The first-order chi connectivity index (χ1) is 8.96. The van der Waals surface area contributed by atoms with Gasteiger partial charge in [0, 0.05) is 26.9 Å². The summed E-state index contributed by atoms with van der Waals surface area (Å²) in [5.41, 5.74) is 0. The molecule has 6 nitrogen and oxygen atoms in total. The molecule has 1 aliphatic rings. The zero-order chi connectivity index (χ0) is 14.0. The van der Waals surface area contributed by atoms with E-state index in [4.69, 9.17) is 4.74 Å². The number of pyridine rings is 1. The van der Waals surface area contributed by atoms with Crippen molar-refractivity contribution < 1.29 is 13.2 Å². The van der Waals surface area contributed by atoms with Crippen molar-refractivity contribution in [3.8, 4) is 0 Å². The van der Waals surface area contributed by atoms with E-state index in [2.05, 4.69) is 10.3 Å². The highest BCUT2D eigenvalue weighted by molar-refractivity contribution is 7.89. The van der Waals surface area contributed by atoms with Gasteiger partial charge in [0.15, 0.2) is 0 Å². The number of aromatic nitrogens is 1. The molecule has 1 aromatic rings. The molecule has 0 saturated carbocycles. The summed E-state index contributed by atoms with van der Waals surface area (Å²) in [6.45, 7) is 2.49. The maximum atomic E-state index is 12.5. The molecular formula is C12H19N3O3S. The molecule has 7 heteroatoms. The average Bonchev–Trinajstić information content (AvgIpc) is 2.84. The monoisotopic (exact) mass is 285 g/mol. The molecule has 2 unspecified atom stereocenters. The zero-order valence-corrected chi connectivity index (χ0v) is 12.1. The molecule has 0 amide bonds. The molecule has 1 saturated heterocycles. The van der Waals surface area contributed by atoms with Crippen LogP contribution in [0.25, 0.3) is 0 Å². The minimum absolute atomic E-state index is 0.0793. The van der Waals surface area contributed by atoms with Crippen LogP contribution in [0.4, 0.5) is 5.82 Å². The van der Waals surface area contributed by atoms with Gasteiger partial charge in [-0.05, 0) is 25.5 Å². The lowest BCUT2D eigenvalue weighted by Crippen LogP contribution is -2.40. The van der Waals surface area contributed by atoms with Crippen LogP contribution in [0.1, 0.15) is 13.3 Å². The highest BCUT2D eigenvalue weighted by Crippen LogP contribution is 2.24. The predicted molar refractivity (Wildman–Crippen MR) is 72.6 cm³/mol. The van der Waals surface area contributed by atoms with Gasteiger partial charge in [-0.2, -0.15) is 4.31 Å². The lowest BCUT2D eigenvalue weighted by molar-refractivity contribution is 0.102. The zero-order valence-electron chi connectivity index (χ0n) is 11.3. The third kappa shape index (κ3) is 2.72. The van der Waals surface area contributed by atoms with Crippen molar-refractivity contribution >= 4 is 15.8 Å². The molecule has 0 bridgehead atoms. The molecule has 1 aliphatic heterocycles. The van der Waals surface area contributed by atoms with E-state index in [0.29, 0.717) is 12.4 Å². The average molecular weight is 285 g/mol. The van der Waals surface area contributed by atoms with Gasteiger partial charge in [0.1, 0.15) is 10.7 Å². The fourth-order valence-corrected chi connectivity index (χ4v) is 3.61. The molecule has 106 valence electrons. The Hall–Kier alpha value is -1.18. The van der Waals surface area contributed by atoms with E-state index in [1.165, 1.54) is 10.5 Å². The molecule has 2 atom stereocenters. The van der Waals surface area contributed by atoms with Gasteiger partial charge in [-0.3, -0.25) is 0 Å². The summed E-state index contributed by atoms with van der Waals surface area (Å²) in [5.74, 6) is 0.638. The number of hydrogen-bond acceptors (Lipinski definition) is 5. The summed E-state index contributed by atoms with van der Waals surface area (Å²) in [5, 5.41) is 2.86. The molecule has 1 N–H and O–H groups in total. The Kier molecular flexibility index (Phi) is 4.07. The van der Waals surface area contributed by atoms with Gasteiger partial charge in [-0.15, -0.1) is 0 Å². The molecule has 0 aliphatic carbocycles. The van der Waals surface area contributed by atoms with Crippen LogP contribution >= 0.6 is 0 Å². The van der Waals surface area contributed by atoms with E-state index in [1.807, 2.05) is 6.92 Å². The van der Waals surface area contributed by atoms with Crippen molar-refractivity contribution in [1.29, 1.82) is 0 Å². The predicted octanol–water partition coefficient (Wildman–Crippen LogP) is 0.921. The van der Waals surface area contributed by atoms with Crippen LogP contribution in [-0.4, -0.2) is 50.6 Å². The van der Waals surface area contributed by atoms with E-state index < -0.39 is 10.0 Å². The summed E-state index contributed by atoms with van der Waals surface area (Å²) < 4.78 is 31.8. The van der Waals surface area contributed by atoms with Crippen molar-refractivity contribution in [1.82, 2.24) is 9.29 Å². The molecule has 2 heterocycles. The second-order valence-corrected chi connectivity index (χ2v) is 6.58. The minimum atomic E-state index is -3.52. The largest absolute Gasteiger partial charge is 0.377 e. The van der Waals surface area contributed by atoms with Crippen LogP contribution in [0.15, 0.2) is 23.2 Å². The fraction of sp³-hybridized carbons (Fsp3) is 0.583. The van der Waals surface area contributed by atoms with E-state index >= 15 is 0 Å². The SMILES string of the molecule is CNc1ccc(S(=O)(=O)N(C)C2CCOC2C)cn1. The highest BCUT2D eigenvalue weighted by atomic mass is 32.2. The topological polar surface area (TPSA) is 71.5 Å². The number of ether oxygens (including phenoxy) is 1. The Labute approximate surface area is 113 Å². The molecule has 1 aromatic heterocycles. The van der Waals surface area contributed by atoms with Crippen molar-refractivity contribution in [3.05, 3.63) is 18.3 Å². The Morgan fingerprint density at radius 3 is 2.68 bits per heavy atom. The Bertz CT molecular complexity index is 530. The summed E-state index contributed by atoms with van der Waals surface area (Å²) in [6.07, 6.45) is 2.01. The first-order valence-electron chi connectivity index (χ1n) is 6.20. The molecule has 2 rings (SSSR count). The lowest BCUT2D eigenvalue weighted by Gasteiger charge is -2.25. The standard InChI is InChI=1S/C12H19N3O3S/c1-9-11(6-7-18-9)15(3)19(16,17)10-4-5-12(13-2)14-8-10/h4-5,8-9,11H,6-7H2,1-3H3,(H,13,14). The lowest BCUT2D eigenvalue weighted by atomic mass is 10.2. The number of anilines is 1. The third-order valence-corrected chi connectivity index (χ3v) is 5.34. The Morgan fingerprint density at radius 2 is 2.21 bits per heavy atom. The summed E-state index contributed by atoms with van der Waals surface area (Å²) in [6, 6.07) is 3.09. The molecular weight excluding hydrogens is 266 g/mol. The molecule has 0 spiro atoms. The third-order valence-electron chi connectivity index (χ3n) is 3.47. The van der Waals surface area contributed by atoms with Crippen LogP contribution < -0.4 is 5.32 Å². The van der Waals surface area contributed by atoms with Gasteiger partial charge in [-0.1, -0.05) is 0 Å². The maximum Gasteiger partial charge on any atom is 0.244 e. The van der Waals surface area contributed by atoms with Gasteiger partial charge >= 0.3 is 0 Å². The van der Waals surface area contributed by atoms with Crippen molar-refractivity contribution in [2.75, 3.05) is 26.0 Å². The van der Waals surface area contributed by atoms with Crippen molar-refractivity contribution in [2.24, 2.45) is 0 Å². The van der Waals surface area contributed by atoms with Crippen LogP contribution in [0, 0.1) is 0 Å². The van der Waals surface area contributed by atoms with Gasteiger partial charge in [0.2, 0.25) is 10.0 Å². The number of nitrogens with zero attached hydrogens (tertiary/aromatic N) is 2. The molecule has 19 heavy (non-hydrogen) atoms. The van der Waals surface area contributed by atoms with E-state index in [-0.39, 0.29) is 17.0 Å². The van der Waals surface area contributed by atoms with Crippen LogP contribution in [0.5, 0.6) is 0 Å². The van der Waals surface area contributed by atoms with Crippen molar-refractivity contribution in [3.63, 3.8) is 0 Å². The number of likely N-dealkylation sites (N-methyl/N-ethyl adjacent to an activating group) is 1. The number of hydrogen-bond donors (Lipinski definition) is 1. The van der Waals surface area contributed by atoms with Gasteiger partial charge < -0.3 is 10.1 Å². The smallest absolute Gasteiger partial charge is 0.244 e. The number of rotatable bonds is 4. The molecule has 1 fully saturated rings. The number of nitrogens with one attached hydrogen (secondary N) is 1. The van der Waals surface area contributed by atoms with Crippen LogP contribution in [0.2, 0.25) is 0 Å². The molecule has 0 radical (unpaired) electrons. The molecule has 0 aromatic carbocycles. The van der Waals surface area contributed by atoms with Crippen LogP contribution in [-0.2, 0) is 14.8 Å². The minimum Gasteiger partial charge on any atom is -0.377 e. The van der Waals surface area contributed by atoms with Gasteiger partial charge in [-0.25, -0.2) is 13.4 Å². The van der Waals surface area contributed by atoms with Crippen LogP contribution in [0.3, 0.4) is 0 Å². The first-order valence-corrected chi connectivity index (χ1v) is 7.64. The summed E-state index contributed by atoms with van der Waals surface area (Å²) in [4.78, 5) is 4.25. The van der Waals surface area contributed by atoms with Crippen molar-refractivity contribution in [2.45, 2.75) is 30.4 Å². The Balaban J connectivity index is 2.25. The van der Waals surface area contributed by atoms with E-state index in [1.54, 1.807) is 26.2 Å². The maximum absolute atomic E-state index is 12.5. The highest BCUT2D eigenvalue weighted by Gasteiger charge is 2.35. The van der Waals surface area contributed by atoms with E-state index in [0.717, 1.165) is 6.42 Å². The summed E-state index contributed by atoms with van der Waals surface area (Å²) >= 11 is 0. The quantitative estimate of drug-likeness (QED) is 0.890. The van der Waals surface area contributed by atoms with Gasteiger partial charge in [0.05, 0.1) is 12.1 Å². The van der Waals surface area contributed by atoms with Gasteiger partial charge in [0.25, 0.3) is 0 Å². The second kappa shape index (κ2) is 5.44. The first kappa shape index (κ1) is 14.2. The second-order valence-electron chi connectivity index (χ2n) is 4.58.